The van der Waals surface area contributed by atoms with E-state index in [1.165, 1.54) is 18.2 Å². The number of pyridine rings is 1. The summed E-state index contributed by atoms with van der Waals surface area (Å²) < 4.78 is 88.3. The van der Waals surface area contributed by atoms with E-state index in [0.29, 0.717) is 18.6 Å². The minimum absolute atomic E-state index is 0.0927. The summed E-state index contributed by atoms with van der Waals surface area (Å²) in [6.07, 6.45) is -8.52. The van der Waals surface area contributed by atoms with Crippen LogP contribution >= 0.6 is 0 Å². The van der Waals surface area contributed by atoms with Crippen molar-refractivity contribution in [3.63, 3.8) is 0 Å². The van der Waals surface area contributed by atoms with Gasteiger partial charge in [0.15, 0.2) is 8.96 Å². The minimum Gasteiger partial charge on any atom is -0.447 e. The van der Waals surface area contributed by atoms with E-state index in [1.54, 1.807) is 0 Å². The molecule has 3 aromatic rings. The third-order valence-corrected chi connectivity index (χ3v) is 7.23. The summed E-state index contributed by atoms with van der Waals surface area (Å²) in [5.41, 5.74) is -0.429. The topological polar surface area (TPSA) is 111 Å². The lowest BCUT2D eigenvalue weighted by Gasteiger charge is -2.26. The van der Waals surface area contributed by atoms with Crippen molar-refractivity contribution < 1.29 is 45.0 Å². The van der Waals surface area contributed by atoms with E-state index in [9.17, 15) is 31.1 Å². The van der Waals surface area contributed by atoms with Gasteiger partial charge in [-0.15, -0.1) is 18.3 Å². The van der Waals surface area contributed by atoms with Gasteiger partial charge in [-0.05, 0) is 36.7 Å². The van der Waals surface area contributed by atoms with Crippen LogP contribution in [0.1, 0.15) is 34.4 Å². The first-order valence-electron chi connectivity index (χ1n) is 10.5. The van der Waals surface area contributed by atoms with E-state index in [1.807, 2.05) is 0 Å². The third-order valence-electron chi connectivity index (χ3n) is 5.13. The van der Waals surface area contributed by atoms with E-state index >= 15 is 0 Å². The molecule has 1 amide bonds. The Bertz CT molecular complexity index is 1210. The number of carbonyl (C=O) groups excluding carboxylic acids is 1. The number of aromatic nitrogens is 3. The molecule has 2 aromatic heterocycles. The number of nitrogens with one attached hydrogen (secondary N) is 2. The highest BCUT2D eigenvalue weighted by Gasteiger charge is 2.32. The molecule has 0 saturated carbocycles. The first-order valence-corrected chi connectivity index (χ1v) is 12.4. The van der Waals surface area contributed by atoms with E-state index in [0.717, 1.165) is 12.1 Å². The van der Waals surface area contributed by atoms with Gasteiger partial charge in [0, 0.05) is 11.6 Å². The van der Waals surface area contributed by atoms with Crippen LogP contribution in [-0.4, -0.2) is 55.8 Å². The van der Waals surface area contributed by atoms with Gasteiger partial charge >= 0.3 is 18.6 Å². The van der Waals surface area contributed by atoms with Crippen LogP contribution in [0.4, 0.5) is 26.3 Å². The molecule has 1 aliphatic heterocycles. The van der Waals surface area contributed by atoms with Crippen molar-refractivity contribution in [1.29, 1.82) is 0 Å². The van der Waals surface area contributed by atoms with Gasteiger partial charge in [0.25, 0.3) is 5.91 Å². The van der Waals surface area contributed by atoms with Gasteiger partial charge in [-0.2, -0.15) is 13.2 Å². The van der Waals surface area contributed by atoms with Crippen LogP contribution in [0.15, 0.2) is 34.7 Å². The fraction of sp³-hybridized carbons (Fsp3) is 0.400. The van der Waals surface area contributed by atoms with Gasteiger partial charge in [0.1, 0.15) is 12.3 Å². The van der Waals surface area contributed by atoms with Crippen LogP contribution < -0.4 is 15.0 Å². The number of amides is 1. The predicted molar refractivity (Wildman–Crippen MR) is 112 cm³/mol. The zero-order valence-electron chi connectivity index (χ0n) is 18.2. The zero-order chi connectivity index (χ0) is 25.9. The van der Waals surface area contributed by atoms with Crippen molar-refractivity contribution in [3.05, 3.63) is 47.5 Å². The number of hydrogen-bond donors (Lipinski definition) is 2. The molecule has 1 aromatic carbocycles. The van der Waals surface area contributed by atoms with Crippen LogP contribution in [0.25, 0.3) is 10.9 Å². The maximum atomic E-state index is 12.9. The minimum atomic E-state index is -4.75. The smallest absolute Gasteiger partial charge is 0.447 e. The highest BCUT2D eigenvalue weighted by atomic mass is 28.3. The Morgan fingerprint density at radius 3 is 2.64 bits per heavy atom. The van der Waals surface area contributed by atoms with Gasteiger partial charge in [-0.25, -0.2) is 4.98 Å². The van der Waals surface area contributed by atoms with Crippen molar-refractivity contribution in [2.45, 2.75) is 31.0 Å². The Kier molecular flexibility index (Phi) is 7.46. The molecule has 0 aliphatic carbocycles. The van der Waals surface area contributed by atoms with E-state index < -0.39 is 46.2 Å². The number of benzene rings is 1. The molecule has 1 aliphatic rings. The Morgan fingerprint density at radius 1 is 1.14 bits per heavy atom. The van der Waals surface area contributed by atoms with Crippen LogP contribution in [0.3, 0.4) is 0 Å². The molecule has 0 unspecified atom stereocenters. The Hall–Kier alpha value is -3.24. The number of alkyl halides is 6. The molecule has 1 saturated heterocycles. The summed E-state index contributed by atoms with van der Waals surface area (Å²) in [5.74, 6) is -0.232. The molecule has 1 fully saturated rings. The summed E-state index contributed by atoms with van der Waals surface area (Å²) in [7, 11) is -1.38. The van der Waals surface area contributed by atoms with Crippen molar-refractivity contribution in [3.8, 4) is 6.08 Å². The molecule has 36 heavy (non-hydrogen) atoms. The Morgan fingerprint density at radius 2 is 1.94 bits per heavy atom. The monoisotopic (exact) mass is 534 g/mol. The lowest BCUT2D eigenvalue weighted by Crippen LogP contribution is -2.50. The molecule has 1 atom stereocenters. The normalized spacial score (nSPS) is 17.3. The zero-order valence-corrected chi connectivity index (χ0v) is 19.2. The Balaban J connectivity index is 1.27. The lowest BCUT2D eigenvalue weighted by atomic mass is 10.1. The predicted octanol–water partition coefficient (Wildman–Crippen LogP) is 3.55. The van der Waals surface area contributed by atoms with Gasteiger partial charge in [0.05, 0.1) is 23.7 Å². The maximum Gasteiger partial charge on any atom is 0.522 e. The molecule has 1 radical (unpaired) electrons. The summed E-state index contributed by atoms with van der Waals surface area (Å²) in [6, 6.07) is 6.22. The number of carbonyl (C=O) groups is 1. The molecule has 9 nitrogen and oxygen atoms in total. The number of hydrogen-bond acceptors (Lipinski definition) is 8. The van der Waals surface area contributed by atoms with Gasteiger partial charge in [-0.3, -0.25) is 9.53 Å². The molecule has 193 valence electrons. The number of ether oxygens (including phenoxy) is 2. The number of fused-ring (bicyclic) bond motifs is 1. The van der Waals surface area contributed by atoms with Gasteiger partial charge < -0.3 is 19.5 Å². The van der Waals surface area contributed by atoms with Crippen molar-refractivity contribution in [1.82, 2.24) is 25.5 Å². The number of rotatable bonds is 7. The van der Waals surface area contributed by atoms with Crippen molar-refractivity contribution in [2.24, 2.45) is 0 Å². The van der Waals surface area contributed by atoms with Crippen LogP contribution in [0.2, 0.25) is 6.04 Å². The summed E-state index contributed by atoms with van der Waals surface area (Å²) in [6.45, 7) is -1.15. The maximum absolute atomic E-state index is 12.9. The van der Waals surface area contributed by atoms with E-state index in [2.05, 4.69) is 30.2 Å². The van der Waals surface area contributed by atoms with Gasteiger partial charge in [0.2, 0.25) is 5.89 Å². The highest BCUT2D eigenvalue weighted by molar-refractivity contribution is 6.59. The lowest BCUT2D eigenvalue weighted by molar-refractivity contribution is -0.325. The standard InChI is InChI=1S/C20H18F6N5O4Si/c21-19(22,23)12-2-4-13-11(9-12)1-3-14(28-13)16(32)31-36-8-5-15(27-10-36)17-29-30-18(35-17)33-6-7-34-20(24,25)26/h1-4,9,15,27H,5-8,10H2,(H,31,32)/t15-/m1/s1. The third kappa shape index (κ3) is 6.70. The van der Waals surface area contributed by atoms with Crippen molar-refractivity contribution in [2.75, 3.05) is 19.4 Å². The molecular formula is C20H18F6N5O4Si. The molecule has 0 bridgehead atoms. The largest absolute Gasteiger partial charge is 0.522 e. The van der Waals surface area contributed by atoms with Crippen molar-refractivity contribution >= 4 is 25.8 Å². The second-order valence-electron chi connectivity index (χ2n) is 7.68. The Labute approximate surface area is 200 Å². The van der Waals surface area contributed by atoms with Crippen LogP contribution in [0.5, 0.6) is 6.08 Å². The first-order chi connectivity index (χ1) is 17.0. The van der Waals surface area contributed by atoms with E-state index in [4.69, 9.17) is 9.15 Å². The first kappa shape index (κ1) is 25.8. The molecule has 16 heteroatoms. The fourth-order valence-corrected chi connectivity index (χ4v) is 5.40. The summed E-state index contributed by atoms with van der Waals surface area (Å²) >= 11 is 0. The molecule has 2 N–H and O–H groups in total. The molecule has 3 heterocycles. The molecule has 0 spiro atoms. The number of halogens is 6. The molecule has 4 rings (SSSR count). The average molecular weight is 534 g/mol. The number of nitrogens with zero attached hydrogens (tertiary/aromatic N) is 3. The quantitative estimate of drug-likeness (QED) is 0.269. The average Bonchev–Trinajstić information content (AvgIpc) is 3.29. The fourth-order valence-electron chi connectivity index (χ4n) is 3.43. The summed E-state index contributed by atoms with van der Waals surface area (Å²) in [4.78, 5) is 19.7. The van der Waals surface area contributed by atoms with Crippen LogP contribution in [0, 0.1) is 0 Å². The molecular weight excluding hydrogens is 516 g/mol. The SMILES string of the molecule is O=C(N[Si]1CC[C@H](c2nnc(OCCOC(F)(F)F)o2)NC1)c1ccc2cc(C(F)(F)F)ccc2n1. The van der Waals surface area contributed by atoms with Gasteiger partial charge in [-0.1, -0.05) is 11.2 Å². The van der Waals surface area contributed by atoms with Crippen LogP contribution in [-0.2, 0) is 10.9 Å². The second-order valence-corrected chi connectivity index (χ2v) is 9.99. The highest BCUT2D eigenvalue weighted by Crippen LogP contribution is 2.31. The van der Waals surface area contributed by atoms with E-state index in [-0.39, 0.29) is 34.6 Å². The second kappa shape index (κ2) is 10.4. The summed E-state index contributed by atoms with van der Waals surface area (Å²) in [5, 5.41) is 10.9.